The number of carboxylic acids is 1. The average molecular weight is 567 g/mol. The van der Waals surface area contributed by atoms with E-state index in [1.54, 1.807) is 18.3 Å². The van der Waals surface area contributed by atoms with Crippen molar-refractivity contribution in [3.8, 4) is 11.5 Å². The van der Waals surface area contributed by atoms with E-state index in [1.807, 2.05) is 24.3 Å². The number of carboxylic acid groups (broad SMARTS) is 1. The zero-order valence-electron chi connectivity index (χ0n) is 20.7. The van der Waals surface area contributed by atoms with Crippen LogP contribution in [0.1, 0.15) is 41.2 Å². The van der Waals surface area contributed by atoms with Crippen molar-refractivity contribution < 1.29 is 37.0 Å². The summed E-state index contributed by atoms with van der Waals surface area (Å²) in [4.78, 5) is 16.2. The number of halogens is 3. The molecule has 206 valence electrons. The molecule has 0 aliphatic rings. The normalized spacial score (nSPS) is 11.4. The Hall–Kier alpha value is -3.61. The number of hydrogen-bond acceptors (Lipinski definition) is 7. The zero-order chi connectivity index (χ0) is 27.7. The van der Waals surface area contributed by atoms with Gasteiger partial charge in [-0.15, -0.1) is 13.2 Å². The first-order valence-corrected chi connectivity index (χ1v) is 12.0. The molecule has 0 aliphatic heterocycles. The Morgan fingerprint density at radius 1 is 0.975 bits per heavy atom. The van der Waals surface area contributed by atoms with Crippen LogP contribution in [0.2, 0.25) is 0 Å². The van der Waals surface area contributed by atoms with Crippen molar-refractivity contribution in [2.24, 2.45) is 0 Å². The van der Waals surface area contributed by atoms with Gasteiger partial charge in [0.2, 0.25) is 5.89 Å². The Bertz CT molecular complexity index is 1390. The molecule has 4 rings (SSSR count). The van der Waals surface area contributed by atoms with E-state index in [9.17, 15) is 18.0 Å². The minimum atomic E-state index is -4.73. The molecule has 40 heavy (non-hydrogen) atoms. The maximum absolute atomic E-state index is 12.3. The molecule has 0 spiro atoms. The van der Waals surface area contributed by atoms with E-state index in [0.29, 0.717) is 22.9 Å². The first-order chi connectivity index (χ1) is 18.7. The van der Waals surface area contributed by atoms with Gasteiger partial charge in [0.15, 0.2) is 6.54 Å². The Balaban J connectivity index is 0.00000441. The van der Waals surface area contributed by atoms with Crippen LogP contribution in [0.25, 0.3) is 12.2 Å². The van der Waals surface area contributed by atoms with Gasteiger partial charge in [0, 0.05) is 6.08 Å². The van der Waals surface area contributed by atoms with Crippen LogP contribution in [0.4, 0.5) is 13.2 Å². The number of oxazole rings is 1. The number of unbranched alkanes of at least 4 members (excludes halogenated alkanes) is 1. The van der Waals surface area contributed by atoms with Crippen molar-refractivity contribution in [3.63, 3.8) is 0 Å². The van der Waals surface area contributed by atoms with Gasteiger partial charge >= 0.3 is 41.9 Å². The summed E-state index contributed by atoms with van der Waals surface area (Å²) in [5, 5.41) is 16.9. The van der Waals surface area contributed by atoms with Gasteiger partial charge in [0.1, 0.15) is 30.1 Å². The van der Waals surface area contributed by atoms with E-state index >= 15 is 0 Å². The second-order valence-corrected chi connectivity index (χ2v) is 8.53. The number of alkyl halides is 3. The van der Waals surface area contributed by atoms with Gasteiger partial charge in [0.05, 0.1) is 11.9 Å². The van der Waals surface area contributed by atoms with E-state index in [-0.39, 0.29) is 48.5 Å². The van der Waals surface area contributed by atoms with Crippen LogP contribution in [0, 0.1) is 0 Å². The van der Waals surface area contributed by atoms with Gasteiger partial charge in [-0.25, -0.2) is 4.98 Å². The molecular formula is C27H26F3N4NaO5. The molecule has 0 unspecified atom stereocenters. The summed E-state index contributed by atoms with van der Waals surface area (Å²) < 4.78 is 51.8. The third-order valence-electron chi connectivity index (χ3n) is 5.42. The summed E-state index contributed by atoms with van der Waals surface area (Å²) >= 11 is 0. The summed E-state index contributed by atoms with van der Waals surface area (Å²) in [5.41, 5.74) is 3.20. The van der Waals surface area contributed by atoms with Crippen LogP contribution < -0.4 is 9.47 Å². The average Bonchev–Trinajstić information content (AvgIpc) is 3.54. The monoisotopic (exact) mass is 566 g/mol. The summed E-state index contributed by atoms with van der Waals surface area (Å²) in [6.07, 6.45) is 5.10. The molecule has 0 bridgehead atoms. The van der Waals surface area contributed by atoms with Crippen molar-refractivity contribution in [1.82, 2.24) is 20.0 Å². The van der Waals surface area contributed by atoms with Crippen molar-refractivity contribution in [3.05, 3.63) is 89.4 Å². The number of carbonyl (C=O) groups is 1. The van der Waals surface area contributed by atoms with Crippen LogP contribution in [0.5, 0.6) is 11.5 Å². The molecule has 0 saturated carbocycles. The fourth-order valence-corrected chi connectivity index (χ4v) is 3.60. The molecule has 13 heteroatoms. The molecule has 2 heterocycles. The van der Waals surface area contributed by atoms with Crippen molar-refractivity contribution in [2.75, 3.05) is 0 Å². The fourth-order valence-electron chi connectivity index (χ4n) is 3.60. The third kappa shape index (κ3) is 10.5. The maximum atomic E-state index is 12.3. The van der Waals surface area contributed by atoms with Crippen LogP contribution in [0.15, 0.2) is 65.4 Å². The van der Waals surface area contributed by atoms with Crippen molar-refractivity contribution >= 4 is 47.7 Å². The number of ether oxygens (including phenoxy) is 2. The topological polar surface area (TPSA) is 112 Å². The predicted octanol–water partition coefficient (Wildman–Crippen LogP) is 4.92. The number of aromatic nitrogens is 4. The molecule has 0 radical (unpaired) electrons. The van der Waals surface area contributed by atoms with Gasteiger partial charge < -0.3 is 19.0 Å². The molecular weight excluding hydrogens is 540 g/mol. The molecule has 0 atom stereocenters. The second kappa shape index (κ2) is 14.7. The van der Waals surface area contributed by atoms with E-state index < -0.39 is 12.3 Å². The predicted molar refractivity (Wildman–Crippen MR) is 141 cm³/mol. The van der Waals surface area contributed by atoms with E-state index in [4.69, 9.17) is 14.3 Å². The number of hydrogen-bond donors (Lipinski definition) is 1. The van der Waals surface area contributed by atoms with Crippen molar-refractivity contribution in [1.29, 1.82) is 0 Å². The zero-order valence-corrected chi connectivity index (χ0v) is 20.7. The van der Waals surface area contributed by atoms with Crippen LogP contribution in [-0.2, 0) is 30.8 Å². The second-order valence-electron chi connectivity index (χ2n) is 8.53. The molecule has 1 N–H and O–H groups in total. The van der Waals surface area contributed by atoms with E-state index in [1.165, 1.54) is 40.9 Å². The van der Waals surface area contributed by atoms with Gasteiger partial charge in [-0.05, 0) is 67.2 Å². The van der Waals surface area contributed by atoms with Crippen molar-refractivity contribution in [2.45, 2.75) is 45.2 Å². The summed E-state index contributed by atoms with van der Waals surface area (Å²) in [6, 6.07) is 13.2. The number of aryl methyl sites for hydroxylation is 2. The summed E-state index contributed by atoms with van der Waals surface area (Å²) in [5.74, 6) is -0.240. The molecule has 4 aromatic rings. The summed E-state index contributed by atoms with van der Waals surface area (Å²) in [6.45, 7) is -0.0310. The third-order valence-corrected chi connectivity index (χ3v) is 5.42. The Morgan fingerprint density at radius 2 is 1.68 bits per heavy atom. The Labute approximate surface area is 249 Å². The number of rotatable bonds is 13. The van der Waals surface area contributed by atoms with Gasteiger partial charge in [-0.1, -0.05) is 24.3 Å². The summed E-state index contributed by atoms with van der Waals surface area (Å²) in [7, 11) is 0. The van der Waals surface area contributed by atoms with Crippen LogP contribution in [0.3, 0.4) is 0 Å². The molecule has 2 aromatic carbocycles. The van der Waals surface area contributed by atoms with Gasteiger partial charge in [-0.2, -0.15) is 15.0 Å². The first kappa shape index (κ1) is 30.9. The molecule has 0 fully saturated rings. The molecule has 0 aliphatic carbocycles. The molecule has 2 aromatic heterocycles. The minimum absolute atomic E-state index is 0. The van der Waals surface area contributed by atoms with E-state index in [2.05, 4.69) is 19.9 Å². The molecule has 0 amide bonds. The van der Waals surface area contributed by atoms with Crippen LogP contribution >= 0.6 is 0 Å². The molecule has 9 nitrogen and oxygen atoms in total. The first-order valence-electron chi connectivity index (χ1n) is 12.0. The van der Waals surface area contributed by atoms with Crippen LogP contribution in [-0.4, -0.2) is 67.0 Å². The Morgan fingerprint density at radius 3 is 2.38 bits per heavy atom. The standard InChI is InChI=1S/C27H25F3N4O5.Na.H/c28-27(29,30)39-24-12-7-20(8-13-24)9-14-25-32-22(18-38-25)17-37-23-10-5-19(6-11-23)3-1-2-4-21-15-31-34(33-21)16-26(35)36;;/h5-15,18H,1-4,16-17H2,(H,35,36);;/b14-9+;;. The number of aliphatic carboxylic acids is 1. The van der Waals surface area contributed by atoms with Gasteiger partial charge in [0.25, 0.3) is 0 Å². The SMILES string of the molecule is O=C(O)Cn1ncc(CCCCc2ccc(OCc3coc(/C=C/c4ccc(OC(F)(F)F)cc4)n3)cc2)n1.[NaH]. The number of benzene rings is 2. The van der Waals surface area contributed by atoms with Gasteiger partial charge in [-0.3, -0.25) is 4.79 Å². The quantitative estimate of drug-likeness (QED) is 0.179. The van der Waals surface area contributed by atoms with E-state index in [0.717, 1.165) is 31.4 Å². The fraction of sp³-hybridized carbons (Fsp3) is 0.259. The Kier molecular flexibility index (Phi) is 11.4. The molecule has 0 saturated heterocycles. The number of nitrogens with zero attached hydrogens (tertiary/aromatic N) is 4.